The van der Waals surface area contributed by atoms with Gasteiger partial charge in [-0.2, -0.15) is 11.8 Å². The zero-order valence-electron chi connectivity index (χ0n) is 66.5. The fourth-order valence-corrected chi connectivity index (χ4v) is 11.8. The average molecular weight is 1720 g/mol. The molecule has 668 valence electrons. The Morgan fingerprint density at radius 2 is 0.731 bits per heavy atom. The van der Waals surface area contributed by atoms with E-state index in [0.29, 0.717) is 13.0 Å². The smallest absolute Gasteiger partial charge is 0.303 e. The van der Waals surface area contributed by atoms with Crippen LogP contribution >= 0.6 is 11.8 Å². The van der Waals surface area contributed by atoms with Gasteiger partial charge in [-0.05, 0) is 103 Å². The third kappa shape index (κ3) is 43.2. The van der Waals surface area contributed by atoms with Crippen molar-refractivity contribution >= 4 is 148 Å². The summed E-state index contributed by atoms with van der Waals surface area (Å²) in [5.74, 6) is -28.0. The summed E-state index contributed by atoms with van der Waals surface area (Å²) in [4.78, 5) is 298. The van der Waals surface area contributed by atoms with E-state index in [4.69, 9.17) is 15.6 Å². The Bertz CT molecular complexity index is 3610. The average Bonchev–Trinajstić information content (AvgIpc) is 1.75. The number of rotatable bonds is 61. The number of likely N-dealkylation sites (N-methyl/N-ethyl adjacent to an activating group) is 1. The lowest BCUT2D eigenvalue weighted by molar-refractivity contribution is -0.142. The predicted molar refractivity (Wildman–Crippen MR) is 408 cm³/mol. The Balaban J connectivity index is 3.39. The van der Waals surface area contributed by atoms with E-state index in [1.54, 1.807) is 27.0 Å². The first-order valence-electron chi connectivity index (χ1n) is 37.9. The fraction of sp³-hybridized carbons (Fsp3) is 0.671. The van der Waals surface area contributed by atoms with Gasteiger partial charge in [-0.3, -0.25) is 110 Å². The first-order valence-corrected chi connectivity index (χ1v) is 39.3. The van der Waals surface area contributed by atoms with Crippen LogP contribution < -0.4 is 80.2 Å². The second-order valence-electron chi connectivity index (χ2n) is 27.7. The number of nitrogens with one attached hydrogen (secondary N) is 14. The summed E-state index contributed by atoms with van der Waals surface area (Å²) in [6, 6.07) is -21.3. The van der Waals surface area contributed by atoms with Crippen LogP contribution in [-0.4, -0.2) is 312 Å². The maximum atomic E-state index is 14.1. The van der Waals surface area contributed by atoms with Gasteiger partial charge in [0, 0.05) is 76.8 Å². The van der Waals surface area contributed by atoms with Crippen LogP contribution in [0.25, 0.3) is 0 Å². The molecule has 1 aliphatic rings. The minimum atomic E-state index is -2.06. The summed E-state index contributed by atoms with van der Waals surface area (Å²) in [7, 11) is 0. The number of aliphatic carboxylic acids is 8. The van der Waals surface area contributed by atoms with Gasteiger partial charge in [-0.15, -0.1) is 0 Å². The molecule has 49 heteroatoms. The monoisotopic (exact) mass is 1720 g/mol. The van der Waals surface area contributed by atoms with Crippen molar-refractivity contribution in [3.05, 3.63) is 0 Å². The van der Waals surface area contributed by atoms with Crippen LogP contribution in [0.4, 0.5) is 0 Å². The minimum Gasteiger partial charge on any atom is -0.481 e. The lowest BCUT2D eigenvalue weighted by Crippen LogP contribution is -2.60. The maximum Gasteiger partial charge on any atom is 0.303 e. The van der Waals surface area contributed by atoms with Crippen molar-refractivity contribution in [1.29, 1.82) is 0 Å². The number of carbonyl (C=O) groups is 23. The fourth-order valence-electron chi connectivity index (χ4n) is 11.2. The lowest BCUT2D eigenvalue weighted by Gasteiger charge is -2.28. The Kier molecular flexibility index (Phi) is 49.1. The molecule has 24 N–H and O–H groups in total. The first-order chi connectivity index (χ1) is 55.8. The van der Waals surface area contributed by atoms with Gasteiger partial charge in [0.1, 0.15) is 79.1 Å². The summed E-state index contributed by atoms with van der Waals surface area (Å²) < 4.78 is 5.49. The van der Waals surface area contributed by atoms with E-state index in [0.717, 1.165) is 0 Å². The Labute approximate surface area is 685 Å². The minimum absolute atomic E-state index is 0.0812. The first kappa shape index (κ1) is 105. The molecule has 0 spiro atoms. The molecule has 119 heavy (non-hydrogen) atoms. The molecular formula is C70H110N16O32S. The number of carboxylic acid groups (broad SMARTS) is 8. The molecule has 0 aromatic carbocycles. The highest BCUT2D eigenvalue weighted by Crippen LogP contribution is 2.20. The van der Waals surface area contributed by atoms with Crippen LogP contribution in [0.15, 0.2) is 0 Å². The van der Waals surface area contributed by atoms with Crippen molar-refractivity contribution in [2.75, 3.05) is 51.4 Å². The molecule has 1 saturated heterocycles. The van der Waals surface area contributed by atoms with Crippen molar-refractivity contribution in [2.45, 2.75) is 242 Å². The lowest BCUT2D eigenvalue weighted by atomic mass is 10.0. The molecular weight excluding hydrogens is 1610 g/mol. The van der Waals surface area contributed by atoms with Gasteiger partial charge >= 0.3 is 47.8 Å². The summed E-state index contributed by atoms with van der Waals surface area (Å²) in [5.41, 5.74) is 5.74. The molecule has 0 bridgehead atoms. The SMILES string of the molecule is CCNC(=O)[C@H](C)NC(=O)[C@H](CSC)NC(=O)CNC(=O)[C@H](CC(C)C)NC(=O)[C@@H]1CCCN1C(=O)COCCNC(=O)[C@@H](CCC(=O)O)NC(=O)[C@@H](CCC(=O)O)NC(=O)[C@@H](CCC(=O)O)NC(=O)[C@@H](CC)NC(=O)[C@@H](CCC(=O)O)NC(=O)[C@@H](CCC(=O)O)NC(=O)[C@@H](CCC(=O)O)NC(=O)[C@@H](CCC(=O)O)NC(=O)[C@H](N)CCC(=O)O. The number of amides is 15. The highest BCUT2D eigenvalue weighted by Gasteiger charge is 2.39. The van der Waals surface area contributed by atoms with Crippen LogP contribution in [0.1, 0.15) is 163 Å². The zero-order valence-corrected chi connectivity index (χ0v) is 67.3. The van der Waals surface area contributed by atoms with Crippen molar-refractivity contribution in [1.82, 2.24) is 79.3 Å². The van der Waals surface area contributed by atoms with Gasteiger partial charge in [0.25, 0.3) is 0 Å². The normalized spacial score (nSPS) is 15.2. The van der Waals surface area contributed by atoms with Gasteiger partial charge in [0.05, 0.1) is 19.2 Å². The predicted octanol–water partition coefficient (Wildman–Crippen LogP) is -7.22. The molecule has 15 amide bonds. The van der Waals surface area contributed by atoms with Crippen LogP contribution in [0.2, 0.25) is 0 Å². The summed E-state index contributed by atoms with van der Waals surface area (Å²) in [6.45, 7) is 6.25. The number of ether oxygens (including phenoxy) is 1. The standard InChI is InChI=1S/C70H110N16O32S/c1-7-37(77-63(110)40(14-22-53(95)96)81-67(114)44(18-26-57(103)104)84-68(115)43(17-25-56(101)102)82-64(111)39(13-21-52(93)94)78-59(106)36(71)11-19-50(89)90)62(109)80-41(15-23-54(97)98)66(113)83-42(16-24-55(99)100)65(112)79-38(12-20-51(91)92)60(107)73-27-29-118-32-49(88)86-28-9-10-47(86)70(117)85-45(30-34(3)4)61(108)74-31-48(87)76-46(33-119-6)69(116)75-35(5)58(105)72-8-2/h34-47H,7-33,71H2,1-6H3,(H,72,105)(H,73,107)(H,74,108)(H,75,116)(H,76,87)(H,77,110)(H,78,106)(H,79,112)(H,80,109)(H,81,114)(H,82,111)(H,83,113)(H,84,115)(H,85,117)(H,89,90)(H,91,92)(H,93,94)(H,95,96)(H,97,98)(H,99,100)(H,101,102)(H,103,104)/t35-,36+,37+,38+,39+,40+,41+,42+,43+,44+,45-,46-,47-/m0/s1. The second-order valence-corrected chi connectivity index (χ2v) is 28.6. The highest BCUT2D eigenvalue weighted by atomic mass is 32.2. The van der Waals surface area contributed by atoms with Crippen LogP contribution in [0.5, 0.6) is 0 Å². The number of hydrogen-bond acceptors (Lipinski definition) is 26. The third-order valence-electron chi connectivity index (χ3n) is 17.5. The largest absolute Gasteiger partial charge is 0.481 e. The molecule has 0 aliphatic carbocycles. The number of thioether (sulfide) groups is 1. The summed E-state index contributed by atoms with van der Waals surface area (Å²) in [5, 5.41) is 108. The van der Waals surface area contributed by atoms with Crippen molar-refractivity contribution in [3.8, 4) is 0 Å². The Morgan fingerprint density at radius 3 is 1.08 bits per heavy atom. The van der Waals surface area contributed by atoms with Gasteiger partial charge in [0.15, 0.2) is 0 Å². The molecule has 0 saturated carbocycles. The topological polar surface area (TPSA) is 761 Å². The molecule has 1 aliphatic heterocycles. The third-order valence-corrected chi connectivity index (χ3v) is 18.2. The Hall–Kier alpha value is -11.9. The highest BCUT2D eigenvalue weighted by molar-refractivity contribution is 7.98. The van der Waals surface area contributed by atoms with E-state index in [1.165, 1.54) is 30.5 Å². The molecule has 1 heterocycles. The van der Waals surface area contributed by atoms with Crippen LogP contribution in [0, 0.1) is 5.92 Å². The van der Waals surface area contributed by atoms with Crippen LogP contribution in [0.3, 0.4) is 0 Å². The number of nitrogens with zero attached hydrogens (tertiary/aromatic N) is 1. The van der Waals surface area contributed by atoms with E-state index < -0.39 is 350 Å². The van der Waals surface area contributed by atoms with Crippen molar-refractivity contribution in [3.63, 3.8) is 0 Å². The van der Waals surface area contributed by atoms with Crippen molar-refractivity contribution < 1.29 is 156 Å². The van der Waals surface area contributed by atoms with Gasteiger partial charge in [-0.25, -0.2) is 0 Å². The van der Waals surface area contributed by atoms with E-state index >= 15 is 0 Å². The number of nitrogens with two attached hydrogens (primary N) is 1. The van der Waals surface area contributed by atoms with Gasteiger partial charge in [0.2, 0.25) is 88.6 Å². The van der Waals surface area contributed by atoms with Gasteiger partial charge in [-0.1, -0.05) is 20.8 Å². The zero-order chi connectivity index (χ0) is 90.3. The molecule has 48 nitrogen and oxygen atoms in total. The summed E-state index contributed by atoms with van der Waals surface area (Å²) in [6.07, 6.45) is -10.8. The second kappa shape index (κ2) is 55.6. The number of hydrogen-bond donors (Lipinski definition) is 23. The number of carboxylic acids is 8. The summed E-state index contributed by atoms with van der Waals surface area (Å²) >= 11 is 1.23. The molecule has 0 radical (unpaired) electrons. The van der Waals surface area contributed by atoms with E-state index in [-0.39, 0.29) is 31.1 Å². The van der Waals surface area contributed by atoms with E-state index in [2.05, 4.69) is 74.4 Å². The quantitative estimate of drug-likeness (QED) is 0.0252. The molecule has 13 atom stereocenters. The molecule has 0 aromatic rings. The Morgan fingerprint density at radius 1 is 0.395 bits per heavy atom. The van der Waals surface area contributed by atoms with E-state index in [1.807, 2.05) is 0 Å². The number of carbonyl (C=O) groups excluding carboxylic acids is 15. The molecule has 1 rings (SSSR count). The van der Waals surface area contributed by atoms with Crippen LogP contribution in [-0.2, 0) is 115 Å². The number of likely N-dealkylation sites (tertiary alicyclic amines) is 1. The molecule has 0 aromatic heterocycles. The molecule has 1 fully saturated rings. The van der Waals surface area contributed by atoms with Crippen molar-refractivity contribution in [2.24, 2.45) is 11.7 Å². The van der Waals surface area contributed by atoms with Gasteiger partial charge < -0.3 is 131 Å². The maximum absolute atomic E-state index is 14.1. The molecule has 0 unspecified atom stereocenters. The van der Waals surface area contributed by atoms with E-state index in [9.17, 15) is 146 Å².